The van der Waals surface area contributed by atoms with Gasteiger partial charge in [-0.25, -0.2) is 4.99 Å². The molecule has 1 aromatic heterocycles. The monoisotopic (exact) mass is 356 g/mol. The molecule has 0 saturated heterocycles. The number of guanidine groups is 1. The molecular formula is C13H17IN4. The van der Waals surface area contributed by atoms with Crippen LogP contribution in [0.2, 0.25) is 0 Å². The van der Waals surface area contributed by atoms with Gasteiger partial charge in [-0.3, -0.25) is 0 Å². The summed E-state index contributed by atoms with van der Waals surface area (Å²) in [6, 6.07) is 11.8. The molecule has 0 aliphatic rings. The van der Waals surface area contributed by atoms with Crippen molar-refractivity contribution in [1.29, 1.82) is 0 Å². The molecule has 1 heterocycles. The van der Waals surface area contributed by atoms with Crippen molar-refractivity contribution < 1.29 is 0 Å². The molecule has 3 N–H and O–H groups in total. The van der Waals surface area contributed by atoms with Gasteiger partial charge in [0.1, 0.15) is 0 Å². The molecule has 18 heavy (non-hydrogen) atoms. The number of hydrogen-bond donors (Lipinski definition) is 2. The van der Waals surface area contributed by atoms with E-state index in [1.54, 1.807) is 0 Å². The quantitative estimate of drug-likeness (QED) is 0.505. The maximum absolute atomic E-state index is 5.79. The highest BCUT2D eigenvalue weighted by molar-refractivity contribution is 14.0. The standard InChI is InChI=1S/C13H16N4.HI/c1-17-8-7-11(10-17)9-15-13(14)16-12-5-3-2-4-6-12;/h2-8,10H,9H2,1H3,(H3,14,15,16);1H. The second-order valence-corrected chi connectivity index (χ2v) is 3.88. The fraction of sp³-hybridized carbons (Fsp3) is 0.154. The Morgan fingerprint density at radius 2 is 2.00 bits per heavy atom. The largest absolute Gasteiger partial charge is 0.370 e. The van der Waals surface area contributed by atoms with Crippen molar-refractivity contribution in [2.45, 2.75) is 6.54 Å². The minimum absolute atomic E-state index is 0. The van der Waals surface area contributed by atoms with Crippen molar-refractivity contribution in [2.24, 2.45) is 17.8 Å². The van der Waals surface area contributed by atoms with Gasteiger partial charge in [-0.1, -0.05) is 18.2 Å². The third-order valence-electron chi connectivity index (χ3n) is 2.37. The van der Waals surface area contributed by atoms with Crippen molar-refractivity contribution in [3.63, 3.8) is 0 Å². The van der Waals surface area contributed by atoms with Crippen molar-refractivity contribution in [3.05, 3.63) is 54.4 Å². The molecule has 1 aromatic carbocycles. The maximum atomic E-state index is 5.79. The van der Waals surface area contributed by atoms with Crippen LogP contribution in [0.3, 0.4) is 0 Å². The fourth-order valence-corrected chi connectivity index (χ4v) is 1.54. The first-order valence-corrected chi connectivity index (χ1v) is 5.47. The normalized spacial score (nSPS) is 10.8. The van der Waals surface area contributed by atoms with Gasteiger partial charge in [0.2, 0.25) is 0 Å². The number of nitrogens with one attached hydrogen (secondary N) is 1. The fourth-order valence-electron chi connectivity index (χ4n) is 1.54. The number of anilines is 1. The van der Waals surface area contributed by atoms with Gasteiger partial charge < -0.3 is 15.6 Å². The number of aryl methyl sites for hydroxylation is 1. The first kappa shape index (κ1) is 14.6. The van der Waals surface area contributed by atoms with Crippen LogP contribution in [0.25, 0.3) is 0 Å². The maximum Gasteiger partial charge on any atom is 0.193 e. The number of nitrogens with zero attached hydrogens (tertiary/aromatic N) is 2. The summed E-state index contributed by atoms with van der Waals surface area (Å²) < 4.78 is 1.99. The van der Waals surface area contributed by atoms with Gasteiger partial charge in [-0.05, 0) is 23.8 Å². The predicted octanol–water partition coefficient (Wildman–Crippen LogP) is 2.57. The Hall–Kier alpha value is -1.50. The van der Waals surface area contributed by atoms with E-state index < -0.39 is 0 Å². The summed E-state index contributed by atoms with van der Waals surface area (Å²) in [4.78, 5) is 4.27. The molecule has 5 heteroatoms. The third-order valence-corrected chi connectivity index (χ3v) is 2.37. The van der Waals surface area contributed by atoms with Crippen molar-refractivity contribution in [2.75, 3.05) is 5.32 Å². The number of hydrogen-bond acceptors (Lipinski definition) is 1. The van der Waals surface area contributed by atoms with E-state index in [4.69, 9.17) is 5.73 Å². The number of aromatic nitrogens is 1. The Labute approximate surface area is 124 Å². The number of benzene rings is 1. The van der Waals surface area contributed by atoms with Crippen LogP contribution in [-0.4, -0.2) is 10.5 Å². The number of rotatable bonds is 3. The zero-order valence-electron chi connectivity index (χ0n) is 10.2. The Balaban J connectivity index is 0.00000162. The van der Waals surface area contributed by atoms with Gasteiger partial charge >= 0.3 is 0 Å². The lowest BCUT2D eigenvalue weighted by Crippen LogP contribution is -2.22. The van der Waals surface area contributed by atoms with E-state index in [2.05, 4.69) is 10.3 Å². The van der Waals surface area contributed by atoms with Crippen LogP contribution < -0.4 is 11.1 Å². The molecule has 0 fully saturated rings. The lowest BCUT2D eigenvalue weighted by atomic mass is 10.3. The van der Waals surface area contributed by atoms with Crippen molar-refractivity contribution >= 4 is 35.6 Å². The Bertz CT molecular complexity index is 505. The molecule has 2 rings (SSSR count). The first-order chi connectivity index (χ1) is 8.24. The van der Waals surface area contributed by atoms with Crippen LogP contribution in [0.5, 0.6) is 0 Å². The van der Waals surface area contributed by atoms with Crippen molar-refractivity contribution in [3.8, 4) is 0 Å². The van der Waals surface area contributed by atoms with Crippen LogP contribution in [0, 0.1) is 0 Å². The average molecular weight is 356 g/mol. The Morgan fingerprint density at radius 1 is 1.28 bits per heavy atom. The van der Waals surface area contributed by atoms with Crippen LogP contribution >= 0.6 is 24.0 Å². The summed E-state index contributed by atoms with van der Waals surface area (Å²) >= 11 is 0. The van der Waals surface area contributed by atoms with Gasteiger partial charge in [0, 0.05) is 25.1 Å². The second-order valence-electron chi connectivity index (χ2n) is 3.88. The molecule has 4 nitrogen and oxygen atoms in total. The van der Waals surface area contributed by atoms with Crippen molar-refractivity contribution in [1.82, 2.24) is 4.57 Å². The van der Waals surface area contributed by atoms with E-state index in [1.165, 1.54) is 0 Å². The van der Waals surface area contributed by atoms with E-state index >= 15 is 0 Å². The highest BCUT2D eigenvalue weighted by atomic mass is 127. The predicted molar refractivity (Wildman–Crippen MR) is 86.2 cm³/mol. The number of para-hydroxylation sites is 1. The van der Waals surface area contributed by atoms with Gasteiger partial charge in [0.05, 0.1) is 6.54 Å². The van der Waals surface area contributed by atoms with Gasteiger partial charge in [-0.15, -0.1) is 24.0 Å². The molecule has 0 spiro atoms. The lowest BCUT2D eigenvalue weighted by Gasteiger charge is -2.04. The Kier molecular flexibility index (Phi) is 5.70. The molecule has 2 aromatic rings. The summed E-state index contributed by atoms with van der Waals surface area (Å²) in [6.07, 6.45) is 4.02. The lowest BCUT2D eigenvalue weighted by molar-refractivity contribution is 0.916. The molecule has 0 aliphatic heterocycles. The minimum atomic E-state index is 0. The summed E-state index contributed by atoms with van der Waals surface area (Å²) in [7, 11) is 1.98. The minimum Gasteiger partial charge on any atom is -0.370 e. The average Bonchev–Trinajstić information content (AvgIpc) is 2.74. The number of halogens is 1. The van der Waals surface area contributed by atoms with Crippen LogP contribution in [0.4, 0.5) is 5.69 Å². The summed E-state index contributed by atoms with van der Waals surface area (Å²) in [6.45, 7) is 0.590. The highest BCUT2D eigenvalue weighted by Crippen LogP contribution is 2.05. The SMILES string of the molecule is Cn1ccc(CN=C(N)Nc2ccccc2)c1.I. The van der Waals surface area contributed by atoms with Gasteiger partial charge in [-0.2, -0.15) is 0 Å². The molecule has 0 aliphatic carbocycles. The van der Waals surface area contributed by atoms with Gasteiger partial charge in [0.25, 0.3) is 0 Å². The summed E-state index contributed by atoms with van der Waals surface area (Å²) in [5, 5.41) is 3.04. The van der Waals surface area contributed by atoms with E-state index in [1.807, 2.05) is 60.4 Å². The van der Waals surface area contributed by atoms with E-state index in [0.29, 0.717) is 12.5 Å². The van der Waals surface area contributed by atoms with Crippen LogP contribution in [0.1, 0.15) is 5.56 Å². The molecule has 0 amide bonds. The van der Waals surface area contributed by atoms with E-state index in [9.17, 15) is 0 Å². The zero-order chi connectivity index (χ0) is 12.1. The Morgan fingerprint density at radius 3 is 2.61 bits per heavy atom. The molecule has 0 radical (unpaired) electrons. The summed E-state index contributed by atoms with van der Waals surface area (Å²) in [5.41, 5.74) is 7.88. The van der Waals surface area contributed by atoms with Crippen LogP contribution in [-0.2, 0) is 13.6 Å². The van der Waals surface area contributed by atoms with E-state index in [-0.39, 0.29) is 24.0 Å². The summed E-state index contributed by atoms with van der Waals surface area (Å²) in [5.74, 6) is 0.431. The molecule has 0 atom stereocenters. The molecule has 0 unspecified atom stereocenters. The second kappa shape index (κ2) is 7.05. The van der Waals surface area contributed by atoms with Crippen LogP contribution in [0.15, 0.2) is 53.8 Å². The molecular weight excluding hydrogens is 339 g/mol. The third kappa shape index (κ3) is 4.40. The zero-order valence-corrected chi connectivity index (χ0v) is 12.5. The smallest absolute Gasteiger partial charge is 0.193 e. The molecule has 0 bridgehead atoms. The number of aliphatic imine (C=N–C) groups is 1. The highest BCUT2D eigenvalue weighted by Gasteiger charge is 1.95. The topological polar surface area (TPSA) is 55.3 Å². The van der Waals surface area contributed by atoms with E-state index in [0.717, 1.165) is 11.3 Å². The first-order valence-electron chi connectivity index (χ1n) is 5.47. The molecule has 96 valence electrons. The number of nitrogens with two attached hydrogens (primary N) is 1. The van der Waals surface area contributed by atoms with Gasteiger partial charge in [0.15, 0.2) is 5.96 Å². The molecule has 0 saturated carbocycles.